The number of hydrogen-bond donors (Lipinski definition) is 1. The molecule has 0 spiro atoms. The highest BCUT2D eigenvalue weighted by Gasteiger charge is 2.12. The SMILES string of the molecule is CC.CC(=O)NC1CCCCC1.[HH]. The van der Waals surface area contributed by atoms with Crippen molar-refractivity contribution in [1.82, 2.24) is 5.32 Å². The van der Waals surface area contributed by atoms with Gasteiger partial charge in [0.25, 0.3) is 0 Å². The number of carbonyl (C=O) groups excluding carboxylic acids is 1. The Bertz CT molecular complexity index is 122. The Balaban J connectivity index is 0. The minimum atomic E-state index is 0. The van der Waals surface area contributed by atoms with Gasteiger partial charge in [-0.05, 0) is 12.8 Å². The van der Waals surface area contributed by atoms with Crippen molar-refractivity contribution >= 4 is 5.91 Å². The van der Waals surface area contributed by atoms with Crippen LogP contribution < -0.4 is 5.32 Å². The fourth-order valence-electron chi connectivity index (χ4n) is 1.53. The summed E-state index contributed by atoms with van der Waals surface area (Å²) in [6, 6.07) is 0.478. The van der Waals surface area contributed by atoms with Gasteiger partial charge in [0.15, 0.2) is 0 Å². The van der Waals surface area contributed by atoms with Crippen LogP contribution in [0.5, 0.6) is 0 Å². The number of hydrogen-bond acceptors (Lipinski definition) is 1. The van der Waals surface area contributed by atoms with E-state index >= 15 is 0 Å². The summed E-state index contributed by atoms with van der Waals surface area (Å²) in [6.07, 6.45) is 6.27. The molecule has 0 aromatic carbocycles. The molecular weight excluding hydrogens is 150 g/mol. The van der Waals surface area contributed by atoms with Crippen LogP contribution in [0.2, 0.25) is 0 Å². The zero-order valence-electron chi connectivity index (χ0n) is 8.52. The number of amides is 1. The zero-order chi connectivity index (χ0) is 9.40. The standard InChI is InChI=1S/C8H15NO.C2H6.H2/c1-7(10)9-8-5-3-2-4-6-8;1-2;/h8H,2-6H2,1H3,(H,9,10);1-2H3;1H. The normalized spacial score (nSPS) is 17.6. The summed E-state index contributed by atoms with van der Waals surface area (Å²) in [4.78, 5) is 10.6. The van der Waals surface area contributed by atoms with Gasteiger partial charge >= 0.3 is 0 Å². The van der Waals surface area contributed by atoms with Crippen molar-refractivity contribution in [2.75, 3.05) is 0 Å². The molecule has 1 amide bonds. The summed E-state index contributed by atoms with van der Waals surface area (Å²) < 4.78 is 0. The van der Waals surface area contributed by atoms with Crippen molar-refractivity contribution < 1.29 is 6.22 Å². The van der Waals surface area contributed by atoms with Crippen LogP contribution in [0.25, 0.3) is 0 Å². The predicted molar refractivity (Wildman–Crippen MR) is 54.2 cm³/mol. The van der Waals surface area contributed by atoms with Gasteiger partial charge in [0.05, 0.1) is 0 Å². The van der Waals surface area contributed by atoms with Gasteiger partial charge in [-0.3, -0.25) is 4.79 Å². The molecule has 1 rings (SSSR count). The minimum Gasteiger partial charge on any atom is -0.354 e. The Kier molecular flexibility index (Phi) is 6.82. The van der Waals surface area contributed by atoms with E-state index in [-0.39, 0.29) is 7.33 Å². The molecule has 0 aromatic rings. The molecule has 1 aliphatic rings. The molecule has 2 heteroatoms. The Morgan fingerprint density at radius 2 is 1.75 bits per heavy atom. The van der Waals surface area contributed by atoms with Crippen LogP contribution >= 0.6 is 0 Å². The Hall–Kier alpha value is -0.530. The monoisotopic (exact) mass is 173 g/mol. The Morgan fingerprint density at radius 3 is 2.17 bits per heavy atom. The second-order valence-corrected chi connectivity index (χ2v) is 3.04. The molecule has 0 aliphatic heterocycles. The smallest absolute Gasteiger partial charge is 0.217 e. The second-order valence-electron chi connectivity index (χ2n) is 3.04. The largest absolute Gasteiger partial charge is 0.354 e. The average molecular weight is 173 g/mol. The average Bonchev–Trinajstić information content (AvgIpc) is 2.08. The summed E-state index contributed by atoms with van der Waals surface area (Å²) in [5, 5.41) is 2.94. The van der Waals surface area contributed by atoms with Gasteiger partial charge in [0.2, 0.25) is 5.91 Å². The maximum Gasteiger partial charge on any atom is 0.217 e. The van der Waals surface area contributed by atoms with Gasteiger partial charge in [0.1, 0.15) is 0 Å². The van der Waals surface area contributed by atoms with Crippen molar-refractivity contribution in [1.29, 1.82) is 0 Å². The zero-order valence-corrected chi connectivity index (χ0v) is 8.52. The topological polar surface area (TPSA) is 29.1 Å². The first kappa shape index (κ1) is 11.5. The molecule has 0 aromatic heterocycles. The lowest BCUT2D eigenvalue weighted by Crippen LogP contribution is -2.34. The maximum atomic E-state index is 10.6. The molecule has 1 N–H and O–H groups in total. The lowest BCUT2D eigenvalue weighted by molar-refractivity contribution is -0.119. The quantitative estimate of drug-likeness (QED) is 0.649. The molecule has 74 valence electrons. The summed E-state index contributed by atoms with van der Waals surface area (Å²) in [7, 11) is 0. The van der Waals surface area contributed by atoms with Gasteiger partial charge in [0, 0.05) is 14.4 Å². The van der Waals surface area contributed by atoms with E-state index in [0.717, 1.165) is 0 Å². The minimum absolute atomic E-state index is 0. The van der Waals surface area contributed by atoms with Crippen LogP contribution in [-0.4, -0.2) is 11.9 Å². The molecule has 0 radical (unpaired) electrons. The molecule has 1 aliphatic carbocycles. The highest BCUT2D eigenvalue weighted by Crippen LogP contribution is 2.16. The fourth-order valence-corrected chi connectivity index (χ4v) is 1.53. The summed E-state index contributed by atoms with van der Waals surface area (Å²) in [5.74, 6) is 0.118. The summed E-state index contributed by atoms with van der Waals surface area (Å²) in [5.41, 5.74) is 0. The Morgan fingerprint density at radius 1 is 1.25 bits per heavy atom. The predicted octanol–water partition coefficient (Wildman–Crippen LogP) is 2.73. The molecule has 0 heterocycles. The van der Waals surface area contributed by atoms with E-state index in [2.05, 4.69) is 5.32 Å². The molecule has 0 bridgehead atoms. The molecule has 2 nitrogen and oxygen atoms in total. The highest BCUT2D eigenvalue weighted by molar-refractivity contribution is 5.73. The van der Waals surface area contributed by atoms with Gasteiger partial charge in [-0.1, -0.05) is 33.1 Å². The van der Waals surface area contributed by atoms with E-state index in [1.54, 1.807) is 6.92 Å². The molecular formula is C10H23NO. The van der Waals surface area contributed by atoms with E-state index < -0.39 is 0 Å². The van der Waals surface area contributed by atoms with Crippen LogP contribution in [0.1, 0.15) is 54.3 Å². The molecule has 0 atom stereocenters. The lowest BCUT2D eigenvalue weighted by atomic mass is 9.95. The van der Waals surface area contributed by atoms with Gasteiger partial charge in [-0.15, -0.1) is 0 Å². The molecule has 0 unspecified atom stereocenters. The van der Waals surface area contributed by atoms with Gasteiger partial charge < -0.3 is 5.32 Å². The second kappa shape index (κ2) is 7.14. The molecule has 12 heavy (non-hydrogen) atoms. The first-order valence-corrected chi connectivity index (χ1v) is 5.06. The molecule has 1 fully saturated rings. The number of nitrogens with one attached hydrogen (secondary N) is 1. The van der Waals surface area contributed by atoms with Crippen molar-refractivity contribution in [2.24, 2.45) is 0 Å². The maximum absolute atomic E-state index is 10.6. The summed E-state index contributed by atoms with van der Waals surface area (Å²) in [6.45, 7) is 5.59. The van der Waals surface area contributed by atoms with E-state index in [1.807, 2.05) is 13.8 Å². The van der Waals surface area contributed by atoms with Crippen LogP contribution in [0.4, 0.5) is 0 Å². The van der Waals surface area contributed by atoms with Crippen LogP contribution in [0, 0.1) is 0 Å². The van der Waals surface area contributed by atoms with E-state index in [0.29, 0.717) is 6.04 Å². The lowest BCUT2D eigenvalue weighted by Gasteiger charge is -2.21. The number of carbonyl (C=O) groups is 1. The van der Waals surface area contributed by atoms with Crippen molar-refractivity contribution in [3.63, 3.8) is 0 Å². The van der Waals surface area contributed by atoms with Crippen molar-refractivity contribution in [2.45, 2.75) is 58.9 Å². The Labute approximate surface area is 77.2 Å². The van der Waals surface area contributed by atoms with E-state index in [4.69, 9.17) is 0 Å². The molecule has 0 saturated heterocycles. The van der Waals surface area contributed by atoms with Gasteiger partial charge in [-0.2, -0.15) is 0 Å². The third-order valence-electron chi connectivity index (χ3n) is 2.01. The van der Waals surface area contributed by atoms with E-state index in [9.17, 15) is 4.79 Å². The highest BCUT2D eigenvalue weighted by atomic mass is 16.1. The fraction of sp³-hybridized carbons (Fsp3) is 0.900. The van der Waals surface area contributed by atoms with Crippen molar-refractivity contribution in [3.05, 3.63) is 0 Å². The van der Waals surface area contributed by atoms with Crippen molar-refractivity contribution in [3.8, 4) is 0 Å². The third-order valence-corrected chi connectivity index (χ3v) is 2.01. The molecule has 1 saturated carbocycles. The summed E-state index contributed by atoms with van der Waals surface area (Å²) >= 11 is 0. The van der Waals surface area contributed by atoms with Crippen LogP contribution in [0.15, 0.2) is 0 Å². The first-order chi connectivity index (χ1) is 5.79. The van der Waals surface area contributed by atoms with Crippen LogP contribution in [-0.2, 0) is 4.79 Å². The first-order valence-electron chi connectivity index (χ1n) is 5.06. The van der Waals surface area contributed by atoms with Crippen LogP contribution in [0.3, 0.4) is 0 Å². The number of rotatable bonds is 1. The third kappa shape index (κ3) is 5.16. The van der Waals surface area contributed by atoms with E-state index in [1.165, 1.54) is 32.1 Å². The van der Waals surface area contributed by atoms with Gasteiger partial charge in [-0.25, -0.2) is 0 Å².